The Morgan fingerprint density at radius 2 is 2.39 bits per heavy atom. The van der Waals surface area contributed by atoms with Gasteiger partial charge in [0, 0.05) is 19.7 Å². The molecule has 0 spiro atoms. The molecule has 1 fully saturated rings. The fourth-order valence-corrected chi connectivity index (χ4v) is 2.23. The molecule has 2 rings (SSSR count). The summed E-state index contributed by atoms with van der Waals surface area (Å²) >= 11 is 0. The zero-order valence-corrected chi connectivity index (χ0v) is 9.82. The van der Waals surface area contributed by atoms with Gasteiger partial charge in [-0.3, -0.25) is 10.1 Å². The Kier molecular flexibility index (Phi) is 3.56. The predicted molar refractivity (Wildman–Crippen MR) is 65.1 cm³/mol. The van der Waals surface area contributed by atoms with Crippen LogP contribution in [0.15, 0.2) is 6.33 Å². The van der Waals surface area contributed by atoms with Crippen molar-refractivity contribution < 1.29 is 10.0 Å². The summed E-state index contributed by atoms with van der Waals surface area (Å²) in [5.41, 5.74) is 5.29. The molecule has 0 amide bonds. The van der Waals surface area contributed by atoms with Crippen LogP contribution in [-0.2, 0) is 0 Å². The van der Waals surface area contributed by atoms with Crippen molar-refractivity contribution in [3.05, 3.63) is 16.4 Å². The van der Waals surface area contributed by atoms with Crippen LogP contribution in [0.2, 0.25) is 0 Å². The Labute approximate surface area is 104 Å². The van der Waals surface area contributed by atoms with Crippen molar-refractivity contribution in [2.45, 2.75) is 12.8 Å². The Hall–Kier alpha value is -1.96. The van der Waals surface area contributed by atoms with Gasteiger partial charge in [0.1, 0.15) is 6.33 Å². The molecular formula is C10H15N5O3. The molecule has 1 atom stereocenters. The molecule has 1 aromatic heterocycles. The summed E-state index contributed by atoms with van der Waals surface area (Å²) in [7, 11) is 0. The highest BCUT2D eigenvalue weighted by molar-refractivity contribution is 5.68. The van der Waals surface area contributed by atoms with Crippen molar-refractivity contribution in [2.24, 2.45) is 5.92 Å². The van der Waals surface area contributed by atoms with Crippen LogP contribution in [0.25, 0.3) is 0 Å². The maximum atomic E-state index is 11.0. The second kappa shape index (κ2) is 5.13. The van der Waals surface area contributed by atoms with Crippen LogP contribution >= 0.6 is 0 Å². The average molecular weight is 253 g/mol. The molecule has 1 aliphatic heterocycles. The van der Waals surface area contributed by atoms with Gasteiger partial charge in [-0.15, -0.1) is 0 Å². The summed E-state index contributed by atoms with van der Waals surface area (Å²) in [6, 6.07) is 0. The fourth-order valence-electron chi connectivity index (χ4n) is 2.23. The van der Waals surface area contributed by atoms with Gasteiger partial charge in [-0.05, 0) is 18.8 Å². The second-order valence-corrected chi connectivity index (χ2v) is 4.30. The molecule has 0 aliphatic carbocycles. The standard InChI is InChI=1S/C10H15N5O3/c11-9-8(15(17)18)10(13-6-12-9)14-3-1-7(5-14)2-4-16/h6-7,16H,1-5H2,(H2,11,12,13). The number of nitro groups is 1. The van der Waals surface area contributed by atoms with Gasteiger partial charge in [0.05, 0.1) is 4.92 Å². The van der Waals surface area contributed by atoms with Crippen LogP contribution in [0, 0.1) is 16.0 Å². The SMILES string of the molecule is Nc1ncnc(N2CCC(CCO)C2)c1[N+](=O)[O-]. The number of nitrogens with zero attached hydrogens (tertiary/aromatic N) is 4. The third kappa shape index (κ3) is 2.33. The summed E-state index contributed by atoms with van der Waals surface area (Å²) < 4.78 is 0. The zero-order chi connectivity index (χ0) is 13.1. The smallest absolute Gasteiger partial charge is 0.353 e. The van der Waals surface area contributed by atoms with Gasteiger partial charge in [-0.1, -0.05) is 0 Å². The highest BCUT2D eigenvalue weighted by Gasteiger charge is 2.30. The topological polar surface area (TPSA) is 118 Å². The normalized spacial score (nSPS) is 19.2. The second-order valence-electron chi connectivity index (χ2n) is 4.30. The van der Waals surface area contributed by atoms with E-state index in [0.29, 0.717) is 25.4 Å². The summed E-state index contributed by atoms with van der Waals surface area (Å²) in [5.74, 6) is 0.495. The molecule has 1 aliphatic rings. The number of aliphatic hydroxyl groups excluding tert-OH is 1. The summed E-state index contributed by atoms with van der Waals surface area (Å²) in [6.45, 7) is 1.46. The maximum absolute atomic E-state index is 11.0. The average Bonchev–Trinajstić information content (AvgIpc) is 2.77. The number of aliphatic hydroxyl groups is 1. The Morgan fingerprint density at radius 1 is 1.61 bits per heavy atom. The minimum Gasteiger partial charge on any atom is -0.396 e. The number of hydrogen-bond donors (Lipinski definition) is 2. The van der Waals surface area contributed by atoms with E-state index in [-0.39, 0.29) is 23.9 Å². The minimum atomic E-state index is -0.552. The van der Waals surface area contributed by atoms with Crippen molar-refractivity contribution in [1.29, 1.82) is 0 Å². The summed E-state index contributed by atoms with van der Waals surface area (Å²) in [4.78, 5) is 19.9. The van der Waals surface area contributed by atoms with Crippen molar-refractivity contribution in [2.75, 3.05) is 30.3 Å². The van der Waals surface area contributed by atoms with E-state index in [0.717, 1.165) is 6.42 Å². The highest BCUT2D eigenvalue weighted by atomic mass is 16.6. The molecule has 8 nitrogen and oxygen atoms in total. The van der Waals surface area contributed by atoms with Crippen molar-refractivity contribution >= 4 is 17.3 Å². The van der Waals surface area contributed by atoms with Gasteiger partial charge in [0.15, 0.2) is 0 Å². The van der Waals surface area contributed by atoms with E-state index < -0.39 is 4.92 Å². The van der Waals surface area contributed by atoms with Crippen LogP contribution in [0.3, 0.4) is 0 Å². The number of aromatic nitrogens is 2. The lowest BCUT2D eigenvalue weighted by Gasteiger charge is -2.17. The number of anilines is 2. The fraction of sp³-hybridized carbons (Fsp3) is 0.600. The highest BCUT2D eigenvalue weighted by Crippen LogP contribution is 2.33. The molecule has 0 aromatic carbocycles. The molecule has 1 saturated heterocycles. The van der Waals surface area contributed by atoms with E-state index >= 15 is 0 Å². The first-order valence-electron chi connectivity index (χ1n) is 5.74. The lowest BCUT2D eigenvalue weighted by Crippen LogP contribution is -2.23. The largest absolute Gasteiger partial charge is 0.396 e. The van der Waals surface area contributed by atoms with E-state index in [1.807, 2.05) is 4.90 Å². The first kappa shape index (κ1) is 12.5. The number of rotatable bonds is 4. The maximum Gasteiger partial charge on any atom is 0.353 e. The third-order valence-corrected chi connectivity index (χ3v) is 3.14. The monoisotopic (exact) mass is 253 g/mol. The van der Waals surface area contributed by atoms with Crippen molar-refractivity contribution in [1.82, 2.24) is 9.97 Å². The lowest BCUT2D eigenvalue weighted by atomic mass is 10.1. The molecule has 1 aromatic rings. The van der Waals surface area contributed by atoms with Crippen LogP contribution in [0.5, 0.6) is 0 Å². The van der Waals surface area contributed by atoms with Gasteiger partial charge in [-0.2, -0.15) is 0 Å². The number of nitrogen functional groups attached to an aromatic ring is 1. The summed E-state index contributed by atoms with van der Waals surface area (Å²) in [5, 5.41) is 19.9. The molecule has 3 N–H and O–H groups in total. The molecule has 8 heteroatoms. The van der Waals surface area contributed by atoms with E-state index in [1.165, 1.54) is 6.33 Å². The minimum absolute atomic E-state index is 0.115. The first-order valence-corrected chi connectivity index (χ1v) is 5.74. The number of nitrogens with two attached hydrogens (primary N) is 1. The number of hydrogen-bond acceptors (Lipinski definition) is 7. The van der Waals surface area contributed by atoms with Crippen LogP contribution < -0.4 is 10.6 Å². The molecular weight excluding hydrogens is 238 g/mol. The Morgan fingerprint density at radius 3 is 3.06 bits per heavy atom. The molecule has 1 unspecified atom stereocenters. The van der Waals surface area contributed by atoms with Crippen LogP contribution in [0.1, 0.15) is 12.8 Å². The molecule has 18 heavy (non-hydrogen) atoms. The van der Waals surface area contributed by atoms with Crippen LogP contribution in [0.4, 0.5) is 17.3 Å². The molecule has 98 valence electrons. The van der Waals surface area contributed by atoms with Gasteiger partial charge in [0.2, 0.25) is 11.6 Å². The van der Waals surface area contributed by atoms with Gasteiger partial charge >= 0.3 is 5.69 Å². The first-order chi connectivity index (χ1) is 8.63. The summed E-state index contributed by atoms with van der Waals surface area (Å²) in [6.07, 6.45) is 2.82. The van der Waals surface area contributed by atoms with E-state index in [4.69, 9.17) is 10.8 Å². The molecule has 2 heterocycles. The third-order valence-electron chi connectivity index (χ3n) is 3.14. The van der Waals surface area contributed by atoms with Gasteiger partial charge < -0.3 is 15.7 Å². The Bertz CT molecular complexity index is 453. The van der Waals surface area contributed by atoms with E-state index in [9.17, 15) is 10.1 Å². The molecule has 0 bridgehead atoms. The van der Waals surface area contributed by atoms with Crippen molar-refractivity contribution in [3.8, 4) is 0 Å². The van der Waals surface area contributed by atoms with Crippen molar-refractivity contribution in [3.63, 3.8) is 0 Å². The Balaban J connectivity index is 2.24. The van der Waals surface area contributed by atoms with Gasteiger partial charge in [-0.25, -0.2) is 9.97 Å². The molecule has 0 radical (unpaired) electrons. The zero-order valence-electron chi connectivity index (χ0n) is 9.82. The van der Waals surface area contributed by atoms with Gasteiger partial charge in [0.25, 0.3) is 0 Å². The van der Waals surface area contributed by atoms with E-state index in [2.05, 4.69) is 9.97 Å². The predicted octanol–water partition coefficient (Wildman–Crippen LogP) is 0.176. The quantitative estimate of drug-likeness (QED) is 0.580. The molecule has 0 saturated carbocycles. The van der Waals surface area contributed by atoms with E-state index in [1.54, 1.807) is 0 Å². The van der Waals surface area contributed by atoms with Crippen LogP contribution in [-0.4, -0.2) is 39.7 Å². The lowest BCUT2D eigenvalue weighted by molar-refractivity contribution is -0.383.